The van der Waals surface area contributed by atoms with E-state index in [0.29, 0.717) is 0 Å². The van der Waals surface area contributed by atoms with Gasteiger partial charge in [-0.2, -0.15) is 0 Å². The molecule has 0 aromatic carbocycles. The van der Waals surface area contributed by atoms with E-state index in [1.807, 2.05) is 6.20 Å². The van der Waals surface area contributed by atoms with E-state index in [-0.39, 0.29) is 0 Å². The molecule has 1 N–H and O–H groups in total. The van der Waals surface area contributed by atoms with Crippen molar-refractivity contribution in [2.24, 2.45) is 5.92 Å². The fourth-order valence-electron chi connectivity index (χ4n) is 1.71. The molecule has 0 radical (unpaired) electrons. The molecule has 0 saturated carbocycles. The lowest BCUT2D eigenvalue weighted by atomic mass is 10.1. The Labute approximate surface area is 105 Å². The van der Waals surface area contributed by atoms with Crippen LogP contribution >= 0.6 is 0 Å². The normalized spacial score (nSPS) is 12.2. The molecule has 17 heavy (non-hydrogen) atoms. The first-order valence-corrected chi connectivity index (χ1v) is 6.58. The number of pyridine rings is 1. The number of nitrogens with one attached hydrogen (secondary N) is 1. The smallest absolute Gasteiger partial charge is 0.127 e. The molecule has 1 aromatic rings. The van der Waals surface area contributed by atoms with Gasteiger partial charge in [-0.3, -0.25) is 0 Å². The molecule has 3 heteroatoms. The van der Waals surface area contributed by atoms with E-state index in [2.05, 4.69) is 55.2 Å². The number of rotatable bonds is 7. The Morgan fingerprint density at radius 3 is 2.82 bits per heavy atom. The number of nitrogens with zero attached hydrogens (tertiary/aromatic N) is 2. The standard InChI is InChI=1S/C14H25N3/c1-5-8-15-14-10-13(7-9-16-14)17(4)11-12(3)6-2/h7,9-10,12H,5-6,8,11H2,1-4H3,(H,15,16). The maximum Gasteiger partial charge on any atom is 0.127 e. The van der Waals surface area contributed by atoms with Gasteiger partial charge in [0.05, 0.1) is 0 Å². The van der Waals surface area contributed by atoms with Crippen LogP contribution in [0, 0.1) is 5.92 Å². The maximum atomic E-state index is 4.32. The molecule has 0 bridgehead atoms. The Bertz CT molecular complexity index is 325. The van der Waals surface area contributed by atoms with Crippen LogP contribution < -0.4 is 10.2 Å². The fraction of sp³-hybridized carbons (Fsp3) is 0.643. The van der Waals surface area contributed by atoms with E-state index < -0.39 is 0 Å². The largest absolute Gasteiger partial charge is 0.374 e. The summed E-state index contributed by atoms with van der Waals surface area (Å²) in [4.78, 5) is 6.62. The van der Waals surface area contributed by atoms with Crippen LogP contribution in [0.4, 0.5) is 11.5 Å². The van der Waals surface area contributed by atoms with Crippen molar-refractivity contribution in [2.75, 3.05) is 30.4 Å². The molecular weight excluding hydrogens is 210 g/mol. The highest BCUT2D eigenvalue weighted by molar-refractivity contribution is 5.53. The monoisotopic (exact) mass is 235 g/mol. The zero-order valence-electron chi connectivity index (χ0n) is 11.5. The first-order chi connectivity index (χ1) is 8.17. The number of hydrogen-bond donors (Lipinski definition) is 1. The maximum absolute atomic E-state index is 4.32. The van der Waals surface area contributed by atoms with Crippen LogP contribution in [0.25, 0.3) is 0 Å². The molecule has 1 rings (SSSR count). The van der Waals surface area contributed by atoms with Crippen LogP contribution in [0.2, 0.25) is 0 Å². The number of hydrogen-bond acceptors (Lipinski definition) is 3. The molecular formula is C14H25N3. The summed E-state index contributed by atoms with van der Waals surface area (Å²) in [5, 5.41) is 3.32. The third-order valence-electron chi connectivity index (χ3n) is 3.02. The third-order valence-corrected chi connectivity index (χ3v) is 3.02. The van der Waals surface area contributed by atoms with Gasteiger partial charge in [0.2, 0.25) is 0 Å². The van der Waals surface area contributed by atoms with Gasteiger partial charge in [0.15, 0.2) is 0 Å². The second-order valence-electron chi connectivity index (χ2n) is 4.72. The van der Waals surface area contributed by atoms with Crippen LogP contribution in [0.3, 0.4) is 0 Å². The molecule has 1 unspecified atom stereocenters. The van der Waals surface area contributed by atoms with Crippen LogP contribution in [0.5, 0.6) is 0 Å². The molecule has 0 aliphatic heterocycles. The van der Waals surface area contributed by atoms with Crippen molar-refractivity contribution in [2.45, 2.75) is 33.6 Å². The molecule has 0 aliphatic carbocycles. The Balaban J connectivity index is 2.63. The van der Waals surface area contributed by atoms with Crippen molar-refractivity contribution in [3.05, 3.63) is 18.3 Å². The molecule has 1 aromatic heterocycles. The highest BCUT2D eigenvalue weighted by Crippen LogP contribution is 2.17. The highest BCUT2D eigenvalue weighted by Gasteiger charge is 2.06. The van der Waals surface area contributed by atoms with Crippen molar-refractivity contribution in [3.8, 4) is 0 Å². The van der Waals surface area contributed by atoms with Gasteiger partial charge < -0.3 is 10.2 Å². The molecule has 0 spiro atoms. The molecule has 0 fully saturated rings. The van der Waals surface area contributed by atoms with Gasteiger partial charge in [-0.05, 0) is 18.4 Å². The van der Waals surface area contributed by atoms with Gasteiger partial charge in [-0.25, -0.2) is 4.98 Å². The minimum atomic E-state index is 0.722. The zero-order valence-corrected chi connectivity index (χ0v) is 11.5. The summed E-state index contributed by atoms with van der Waals surface area (Å²) in [6.07, 6.45) is 4.21. The van der Waals surface area contributed by atoms with Gasteiger partial charge in [-0.1, -0.05) is 27.2 Å². The average Bonchev–Trinajstić information content (AvgIpc) is 2.36. The Morgan fingerprint density at radius 1 is 1.41 bits per heavy atom. The summed E-state index contributed by atoms with van der Waals surface area (Å²) in [6, 6.07) is 4.19. The lowest BCUT2D eigenvalue weighted by Gasteiger charge is -2.23. The second-order valence-corrected chi connectivity index (χ2v) is 4.72. The predicted molar refractivity (Wildman–Crippen MR) is 75.7 cm³/mol. The van der Waals surface area contributed by atoms with Gasteiger partial charge in [0, 0.05) is 38.1 Å². The zero-order chi connectivity index (χ0) is 12.7. The van der Waals surface area contributed by atoms with E-state index >= 15 is 0 Å². The fourth-order valence-corrected chi connectivity index (χ4v) is 1.71. The topological polar surface area (TPSA) is 28.2 Å². The van der Waals surface area contributed by atoms with Crippen LogP contribution in [0.1, 0.15) is 33.6 Å². The minimum Gasteiger partial charge on any atom is -0.374 e. The summed E-state index contributed by atoms with van der Waals surface area (Å²) in [5.74, 6) is 1.69. The van der Waals surface area contributed by atoms with E-state index in [4.69, 9.17) is 0 Å². The summed E-state index contributed by atoms with van der Waals surface area (Å²) >= 11 is 0. The third kappa shape index (κ3) is 4.63. The molecule has 0 aliphatic rings. The first-order valence-electron chi connectivity index (χ1n) is 6.58. The second kappa shape index (κ2) is 7.15. The Morgan fingerprint density at radius 2 is 2.18 bits per heavy atom. The average molecular weight is 235 g/mol. The Hall–Kier alpha value is -1.25. The van der Waals surface area contributed by atoms with Gasteiger partial charge in [0.25, 0.3) is 0 Å². The van der Waals surface area contributed by atoms with Crippen molar-refractivity contribution in [1.29, 1.82) is 0 Å². The molecule has 1 heterocycles. The van der Waals surface area contributed by atoms with E-state index in [1.165, 1.54) is 12.1 Å². The summed E-state index contributed by atoms with van der Waals surface area (Å²) < 4.78 is 0. The summed E-state index contributed by atoms with van der Waals surface area (Å²) in [5.41, 5.74) is 1.24. The van der Waals surface area contributed by atoms with Crippen molar-refractivity contribution in [3.63, 3.8) is 0 Å². The number of aromatic nitrogens is 1. The highest BCUT2D eigenvalue weighted by atomic mass is 15.1. The van der Waals surface area contributed by atoms with Crippen LogP contribution in [-0.2, 0) is 0 Å². The van der Waals surface area contributed by atoms with Crippen molar-refractivity contribution < 1.29 is 0 Å². The predicted octanol–water partition coefficient (Wildman–Crippen LogP) is 3.39. The van der Waals surface area contributed by atoms with E-state index in [1.54, 1.807) is 0 Å². The lowest BCUT2D eigenvalue weighted by molar-refractivity contribution is 0.560. The Kier molecular flexibility index (Phi) is 5.81. The molecule has 3 nitrogen and oxygen atoms in total. The van der Waals surface area contributed by atoms with Gasteiger partial charge in [-0.15, -0.1) is 0 Å². The van der Waals surface area contributed by atoms with Gasteiger partial charge >= 0.3 is 0 Å². The van der Waals surface area contributed by atoms with Crippen molar-refractivity contribution in [1.82, 2.24) is 4.98 Å². The molecule has 96 valence electrons. The first kappa shape index (κ1) is 13.8. The summed E-state index contributed by atoms with van der Waals surface area (Å²) in [6.45, 7) is 8.75. The molecule has 0 saturated heterocycles. The van der Waals surface area contributed by atoms with E-state index in [9.17, 15) is 0 Å². The van der Waals surface area contributed by atoms with E-state index in [0.717, 1.165) is 31.2 Å². The lowest BCUT2D eigenvalue weighted by Crippen LogP contribution is -2.23. The minimum absolute atomic E-state index is 0.722. The SMILES string of the molecule is CCCNc1cc(N(C)CC(C)CC)ccn1. The molecule has 0 amide bonds. The van der Waals surface area contributed by atoms with Crippen molar-refractivity contribution >= 4 is 11.5 Å². The summed E-state index contributed by atoms with van der Waals surface area (Å²) in [7, 11) is 2.14. The van der Waals surface area contributed by atoms with Crippen LogP contribution in [0.15, 0.2) is 18.3 Å². The van der Waals surface area contributed by atoms with Crippen LogP contribution in [-0.4, -0.2) is 25.1 Å². The van der Waals surface area contributed by atoms with Gasteiger partial charge in [0.1, 0.15) is 5.82 Å². The quantitative estimate of drug-likeness (QED) is 0.785. The number of anilines is 2. The molecule has 1 atom stereocenters.